The molecule has 1 aliphatic heterocycles. The van der Waals surface area contributed by atoms with Gasteiger partial charge in [0, 0.05) is 17.1 Å². The van der Waals surface area contributed by atoms with E-state index in [9.17, 15) is 9.59 Å². The van der Waals surface area contributed by atoms with Crippen LogP contribution in [0, 0.1) is 20.8 Å². The average Bonchev–Trinajstić information content (AvgIpc) is 3.22. The van der Waals surface area contributed by atoms with E-state index in [0.29, 0.717) is 5.70 Å². The van der Waals surface area contributed by atoms with Crippen molar-refractivity contribution >= 4 is 28.8 Å². The van der Waals surface area contributed by atoms with Gasteiger partial charge in [0.1, 0.15) is 5.70 Å². The summed E-state index contributed by atoms with van der Waals surface area (Å²) >= 11 is 0. The van der Waals surface area contributed by atoms with E-state index in [1.807, 2.05) is 63.2 Å². The number of carbonyl (C=O) groups excluding carboxylic acids is 2. The summed E-state index contributed by atoms with van der Waals surface area (Å²) in [4.78, 5) is 26.8. The molecule has 0 radical (unpaired) electrons. The Morgan fingerprint density at radius 2 is 1.64 bits per heavy atom. The molecule has 1 aliphatic rings. The van der Waals surface area contributed by atoms with E-state index in [1.54, 1.807) is 6.08 Å². The summed E-state index contributed by atoms with van der Waals surface area (Å²) in [6.07, 6.45) is 1.77. The molecule has 0 saturated carbocycles. The third kappa shape index (κ3) is 3.82. The number of amides is 3. The lowest BCUT2D eigenvalue weighted by Crippen LogP contribution is -2.30. The Morgan fingerprint density at radius 1 is 0.848 bits per heavy atom. The number of aromatic nitrogens is 1. The van der Waals surface area contributed by atoms with E-state index in [-0.39, 0.29) is 12.5 Å². The molecule has 33 heavy (non-hydrogen) atoms. The molecule has 0 spiro atoms. The van der Waals surface area contributed by atoms with Gasteiger partial charge >= 0.3 is 6.03 Å². The van der Waals surface area contributed by atoms with E-state index in [1.165, 1.54) is 15.7 Å². The zero-order valence-electron chi connectivity index (χ0n) is 18.9. The van der Waals surface area contributed by atoms with Crippen molar-refractivity contribution in [2.45, 2.75) is 27.3 Å². The lowest BCUT2D eigenvalue weighted by atomic mass is 10.1. The Bertz CT molecular complexity index is 1440. The van der Waals surface area contributed by atoms with Gasteiger partial charge in [-0.15, -0.1) is 0 Å². The van der Waals surface area contributed by atoms with Crippen LogP contribution in [0.15, 0.2) is 78.5 Å². The van der Waals surface area contributed by atoms with Crippen molar-refractivity contribution in [2.75, 3.05) is 0 Å². The summed E-state index contributed by atoms with van der Waals surface area (Å²) in [6.45, 7) is 6.31. The van der Waals surface area contributed by atoms with Gasteiger partial charge < -0.3 is 9.88 Å². The molecule has 0 unspecified atom stereocenters. The number of nitrogens with one attached hydrogen (secondary N) is 1. The van der Waals surface area contributed by atoms with Gasteiger partial charge in [-0.1, -0.05) is 60.2 Å². The number of hydrogen-bond acceptors (Lipinski definition) is 2. The van der Waals surface area contributed by atoms with Gasteiger partial charge in [-0.25, -0.2) is 4.79 Å². The second-order valence-corrected chi connectivity index (χ2v) is 8.56. The number of aryl methyl sites for hydroxylation is 2. The number of benzene rings is 3. The molecule has 2 heterocycles. The fraction of sp³-hybridized carbons (Fsp3) is 0.143. The summed E-state index contributed by atoms with van der Waals surface area (Å²) in [6, 6.07) is 24.1. The molecule has 1 saturated heterocycles. The molecule has 164 valence electrons. The number of hydrogen-bond donors (Lipinski definition) is 1. The first kappa shape index (κ1) is 20.8. The standard InChI is InChI=1S/C28H25N3O2/c1-18-7-6-8-21(13-18)17-30-27(32)26(29-28(30)33)16-24-14-19(2)31(20(24)3)25-12-11-22-9-4-5-10-23(22)15-25/h4-16H,17H2,1-3H3,(H,29,33)/b26-16+. The van der Waals surface area contributed by atoms with E-state index in [4.69, 9.17) is 0 Å². The van der Waals surface area contributed by atoms with E-state index in [0.717, 1.165) is 33.8 Å². The maximum absolute atomic E-state index is 13.0. The van der Waals surface area contributed by atoms with Crippen molar-refractivity contribution in [3.05, 3.63) is 107 Å². The van der Waals surface area contributed by atoms with Crippen molar-refractivity contribution in [1.29, 1.82) is 0 Å². The average molecular weight is 436 g/mol. The predicted molar refractivity (Wildman–Crippen MR) is 131 cm³/mol. The predicted octanol–water partition coefficient (Wildman–Crippen LogP) is 5.65. The minimum atomic E-state index is -0.393. The van der Waals surface area contributed by atoms with Crippen molar-refractivity contribution in [3.63, 3.8) is 0 Å². The topological polar surface area (TPSA) is 54.3 Å². The fourth-order valence-corrected chi connectivity index (χ4v) is 4.51. The maximum Gasteiger partial charge on any atom is 0.329 e. The molecule has 5 rings (SSSR count). The number of nitrogens with zero attached hydrogens (tertiary/aromatic N) is 2. The number of carbonyl (C=O) groups is 2. The lowest BCUT2D eigenvalue weighted by Gasteiger charge is -2.12. The number of imide groups is 1. The molecule has 3 aromatic carbocycles. The zero-order valence-corrected chi connectivity index (χ0v) is 18.9. The molecule has 5 heteroatoms. The van der Waals surface area contributed by atoms with Crippen LogP contribution in [0.25, 0.3) is 22.5 Å². The van der Waals surface area contributed by atoms with Crippen LogP contribution in [-0.2, 0) is 11.3 Å². The van der Waals surface area contributed by atoms with Crippen molar-refractivity contribution in [3.8, 4) is 5.69 Å². The minimum Gasteiger partial charge on any atom is -0.318 e. The summed E-state index contributed by atoms with van der Waals surface area (Å²) in [7, 11) is 0. The van der Waals surface area contributed by atoms with Crippen LogP contribution in [0.5, 0.6) is 0 Å². The number of urea groups is 1. The van der Waals surface area contributed by atoms with Gasteiger partial charge in [-0.05, 0) is 66.9 Å². The van der Waals surface area contributed by atoms with E-state index >= 15 is 0 Å². The molecular weight excluding hydrogens is 410 g/mol. The van der Waals surface area contributed by atoms with E-state index < -0.39 is 6.03 Å². The quantitative estimate of drug-likeness (QED) is 0.333. The molecule has 5 nitrogen and oxygen atoms in total. The molecule has 1 aromatic heterocycles. The Morgan fingerprint density at radius 3 is 2.42 bits per heavy atom. The Hall–Kier alpha value is -4.12. The largest absolute Gasteiger partial charge is 0.329 e. The fourth-order valence-electron chi connectivity index (χ4n) is 4.51. The number of fused-ring (bicyclic) bond motifs is 1. The Balaban J connectivity index is 1.46. The Kier molecular flexibility index (Phi) is 5.09. The van der Waals surface area contributed by atoms with Crippen LogP contribution in [-0.4, -0.2) is 21.4 Å². The van der Waals surface area contributed by atoms with Gasteiger partial charge in [-0.2, -0.15) is 0 Å². The molecule has 1 fully saturated rings. The van der Waals surface area contributed by atoms with Crippen LogP contribution in [0.2, 0.25) is 0 Å². The molecule has 0 atom stereocenters. The normalized spacial score (nSPS) is 15.0. The van der Waals surface area contributed by atoms with E-state index in [2.05, 4.69) is 40.2 Å². The molecule has 3 amide bonds. The van der Waals surface area contributed by atoms with Gasteiger partial charge in [0.15, 0.2) is 0 Å². The van der Waals surface area contributed by atoms with Crippen molar-refractivity contribution in [2.24, 2.45) is 0 Å². The van der Waals surface area contributed by atoms with Gasteiger partial charge in [0.25, 0.3) is 5.91 Å². The van der Waals surface area contributed by atoms with Crippen LogP contribution in [0.1, 0.15) is 28.1 Å². The molecule has 1 N–H and O–H groups in total. The second-order valence-electron chi connectivity index (χ2n) is 8.56. The van der Waals surface area contributed by atoms with Crippen LogP contribution in [0.3, 0.4) is 0 Å². The maximum atomic E-state index is 13.0. The van der Waals surface area contributed by atoms with Crippen LogP contribution >= 0.6 is 0 Å². The third-order valence-electron chi connectivity index (χ3n) is 6.15. The second kappa shape index (κ2) is 8.10. The lowest BCUT2D eigenvalue weighted by molar-refractivity contribution is -0.123. The van der Waals surface area contributed by atoms with Gasteiger partial charge in [0.2, 0.25) is 0 Å². The van der Waals surface area contributed by atoms with Crippen molar-refractivity contribution < 1.29 is 9.59 Å². The summed E-state index contributed by atoms with van der Waals surface area (Å²) in [5.41, 5.74) is 6.35. The highest BCUT2D eigenvalue weighted by Gasteiger charge is 2.33. The minimum absolute atomic E-state index is 0.250. The van der Waals surface area contributed by atoms with Crippen LogP contribution < -0.4 is 5.32 Å². The first-order chi connectivity index (χ1) is 15.9. The molecule has 0 aliphatic carbocycles. The summed E-state index contributed by atoms with van der Waals surface area (Å²) < 4.78 is 2.17. The van der Waals surface area contributed by atoms with Crippen LogP contribution in [0.4, 0.5) is 4.79 Å². The highest BCUT2D eigenvalue weighted by molar-refractivity contribution is 6.14. The zero-order chi connectivity index (χ0) is 23.1. The molecule has 0 bridgehead atoms. The summed E-state index contributed by atoms with van der Waals surface area (Å²) in [5, 5.41) is 5.11. The highest BCUT2D eigenvalue weighted by Crippen LogP contribution is 2.26. The third-order valence-corrected chi connectivity index (χ3v) is 6.15. The smallest absolute Gasteiger partial charge is 0.318 e. The first-order valence-corrected chi connectivity index (χ1v) is 11.0. The SMILES string of the molecule is Cc1cccc(CN2C(=O)N/C(=C/c3cc(C)n(-c4ccc5ccccc5c4)c3C)C2=O)c1. The molecular formula is C28H25N3O2. The van der Waals surface area contributed by atoms with Gasteiger partial charge in [0.05, 0.1) is 6.54 Å². The number of rotatable bonds is 4. The first-order valence-electron chi connectivity index (χ1n) is 11.0. The van der Waals surface area contributed by atoms with Crippen molar-refractivity contribution in [1.82, 2.24) is 14.8 Å². The monoisotopic (exact) mass is 435 g/mol. The molecule has 4 aromatic rings. The summed E-state index contributed by atoms with van der Waals surface area (Å²) in [5.74, 6) is -0.308. The Labute approximate surface area is 193 Å². The van der Waals surface area contributed by atoms with Gasteiger partial charge in [-0.3, -0.25) is 9.69 Å². The highest BCUT2D eigenvalue weighted by atomic mass is 16.2.